The van der Waals surface area contributed by atoms with E-state index in [4.69, 9.17) is 4.74 Å². The predicted molar refractivity (Wildman–Crippen MR) is 86.7 cm³/mol. The second kappa shape index (κ2) is 7.53. The van der Waals surface area contributed by atoms with Crippen LogP contribution >= 0.6 is 11.3 Å². The molecule has 3 saturated heterocycles. The second-order valence-corrected chi connectivity index (χ2v) is 6.98. The fourth-order valence-corrected chi connectivity index (χ4v) is 4.16. The highest BCUT2D eigenvalue weighted by molar-refractivity contribution is 7.07. The summed E-state index contributed by atoms with van der Waals surface area (Å²) in [7, 11) is 0. The van der Waals surface area contributed by atoms with E-state index in [2.05, 4.69) is 20.2 Å². The Morgan fingerprint density at radius 2 is 2.32 bits per heavy atom. The lowest BCUT2D eigenvalue weighted by molar-refractivity contribution is -0.136. The van der Waals surface area contributed by atoms with Crippen LogP contribution in [0.2, 0.25) is 0 Å². The first-order valence-corrected chi connectivity index (χ1v) is 9.17. The highest BCUT2D eigenvalue weighted by Crippen LogP contribution is 2.29. The van der Waals surface area contributed by atoms with Gasteiger partial charge in [0.25, 0.3) is 0 Å². The molecule has 1 aromatic heterocycles. The summed E-state index contributed by atoms with van der Waals surface area (Å²) in [5.41, 5.74) is 3.05. The topological polar surface area (TPSA) is 45.7 Å². The van der Waals surface area contributed by atoms with Crippen LogP contribution in [-0.2, 0) is 16.1 Å². The van der Waals surface area contributed by atoms with Crippen molar-refractivity contribution >= 4 is 17.2 Å². The van der Waals surface area contributed by atoms with Crippen molar-refractivity contribution in [2.75, 3.05) is 32.8 Å². The Labute approximate surface area is 136 Å². The number of amides is 1. The number of carbonyl (C=O) groups is 1. The van der Waals surface area contributed by atoms with Gasteiger partial charge in [0.2, 0.25) is 5.91 Å². The molecule has 0 aliphatic carbocycles. The normalized spacial score (nSPS) is 25.4. The Hall–Kier alpha value is -0.980. The predicted octanol–water partition coefficient (Wildman–Crippen LogP) is 1.99. The molecule has 6 heteroatoms. The molecule has 0 aromatic carbocycles. The van der Waals surface area contributed by atoms with Crippen LogP contribution in [0.5, 0.6) is 0 Å². The van der Waals surface area contributed by atoms with Crippen molar-refractivity contribution in [3.8, 4) is 0 Å². The van der Waals surface area contributed by atoms with Crippen molar-refractivity contribution in [2.45, 2.75) is 38.8 Å². The lowest BCUT2D eigenvalue weighted by atomic mass is 9.95. The zero-order valence-electron chi connectivity index (χ0n) is 13.2. The number of piperidine rings is 1. The van der Waals surface area contributed by atoms with E-state index in [0.717, 1.165) is 38.3 Å². The smallest absolute Gasteiger partial charge is 0.225 e. The molecule has 2 atom stereocenters. The van der Waals surface area contributed by atoms with E-state index in [9.17, 15) is 4.79 Å². The lowest BCUT2D eigenvalue weighted by Gasteiger charge is -2.36. The minimum atomic E-state index is 0.263. The Morgan fingerprint density at radius 1 is 1.41 bits per heavy atom. The molecule has 5 nitrogen and oxygen atoms in total. The first-order chi connectivity index (χ1) is 10.8. The number of aromatic nitrogens is 1. The number of hydrogen-bond donors (Lipinski definition) is 0. The van der Waals surface area contributed by atoms with Crippen LogP contribution in [0.15, 0.2) is 10.9 Å². The number of thiazole rings is 1. The standard InChI is InChI=1S/C16H25N3O2S/c1-2-21-6-5-16(20)19-8-13-3-4-15(19)10-18(7-13)9-14-11-22-12-17-14/h11-13,15H,2-10H2,1H3/t13-,15+/m0/s1. The molecule has 0 saturated carbocycles. The molecule has 22 heavy (non-hydrogen) atoms. The monoisotopic (exact) mass is 323 g/mol. The van der Waals surface area contributed by atoms with Gasteiger partial charge in [-0.25, -0.2) is 4.98 Å². The third-order valence-electron chi connectivity index (χ3n) is 4.64. The SMILES string of the molecule is CCOCCC(=O)N1C[C@H]2CC[C@@H]1CN(Cc1cscn1)C2. The number of nitrogens with zero attached hydrogens (tertiary/aromatic N) is 3. The lowest BCUT2D eigenvalue weighted by Crippen LogP contribution is -2.47. The van der Waals surface area contributed by atoms with Crippen LogP contribution in [0.1, 0.15) is 31.9 Å². The first-order valence-electron chi connectivity index (χ1n) is 8.23. The summed E-state index contributed by atoms with van der Waals surface area (Å²) in [6.07, 6.45) is 2.90. The molecule has 1 amide bonds. The highest BCUT2D eigenvalue weighted by atomic mass is 32.1. The molecule has 4 rings (SSSR count). The third-order valence-corrected chi connectivity index (χ3v) is 5.28. The zero-order chi connectivity index (χ0) is 15.4. The van der Waals surface area contributed by atoms with E-state index >= 15 is 0 Å². The van der Waals surface area contributed by atoms with Gasteiger partial charge in [-0.2, -0.15) is 0 Å². The van der Waals surface area contributed by atoms with Gasteiger partial charge in [0, 0.05) is 44.2 Å². The van der Waals surface area contributed by atoms with Gasteiger partial charge in [0.1, 0.15) is 0 Å². The fourth-order valence-electron chi connectivity index (χ4n) is 3.61. The fraction of sp³-hybridized carbons (Fsp3) is 0.750. The summed E-state index contributed by atoms with van der Waals surface area (Å²) in [5, 5.41) is 2.12. The number of ether oxygens (including phenoxy) is 1. The highest BCUT2D eigenvalue weighted by Gasteiger charge is 2.36. The van der Waals surface area contributed by atoms with E-state index in [1.54, 1.807) is 11.3 Å². The van der Waals surface area contributed by atoms with Gasteiger partial charge in [-0.15, -0.1) is 11.3 Å². The maximum Gasteiger partial charge on any atom is 0.225 e. The van der Waals surface area contributed by atoms with Crippen LogP contribution in [0.3, 0.4) is 0 Å². The molecule has 0 spiro atoms. The van der Waals surface area contributed by atoms with Crippen molar-refractivity contribution in [1.29, 1.82) is 0 Å². The van der Waals surface area contributed by atoms with Crippen molar-refractivity contribution in [2.24, 2.45) is 5.92 Å². The third kappa shape index (κ3) is 3.86. The summed E-state index contributed by atoms with van der Waals surface area (Å²) < 4.78 is 5.33. The molecule has 3 aliphatic heterocycles. The second-order valence-electron chi connectivity index (χ2n) is 6.26. The van der Waals surface area contributed by atoms with Crippen molar-refractivity contribution in [1.82, 2.24) is 14.8 Å². The van der Waals surface area contributed by atoms with E-state index < -0.39 is 0 Å². The minimum Gasteiger partial charge on any atom is -0.381 e. The number of carbonyl (C=O) groups excluding carboxylic acids is 1. The van der Waals surface area contributed by atoms with Crippen molar-refractivity contribution in [3.63, 3.8) is 0 Å². The molecular formula is C16H25N3O2S. The quantitative estimate of drug-likeness (QED) is 0.751. The molecule has 122 valence electrons. The summed E-state index contributed by atoms with van der Waals surface area (Å²) in [4.78, 5) is 21.4. The summed E-state index contributed by atoms with van der Waals surface area (Å²) in [5.74, 6) is 0.868. The minimum absolute atomic E-state index is 0.263. The number of hydrogen-bond acceptors (Lipinski definition) is 5. The molecular weight excluding hydrogens is 298 g/mol. The van der Waals surface area contributed by atoms with Gasteiger partial charge in [0.05, 0.1) is 24.2 Å². The van der Waals surface area contributed by atoms with E-state index in [0.29, 0.717) is 31.6 Å². The largest absolute Gasteiger partial charge is 0.381 e. The molecule has 1 aromatic rings. The van der Waals surface area contributed by atoms with E-state index in [1.165, 1.54) is 6.42 Å². The molecule has 3 fully saturated rings. The summed E-state index contributed by atoms with van der Waals surface area (Å²) in [6, 6.07) is 0.367. The maximum absolute atomic E-state index is 12.5. The average Bonchev–Trinajstić information content (AvgIpc) is 2.86. The van der Waals surface area contributed by atoms with E-state index in [1.807, 2.05) is 12.4 Å². The van der Waals surface area contributed by atoms with Crippen molar-refractivity contribution < 1.29 is 9.53 Å². The summed E-state index contributed by atoms with van der Waals surface area (Å²) in [6.45, 7) is 7.10. The summed E-state index contributed by atoms with van der Waals surface area (Å²) >= 11 is 1.65. The van der Waals surface area contributed by atoms with Gasteiger partial charge in [-0.3, -0.25) is 9.69 Å². The Bertz CT molecular complexity index is 480. The zero-order valence-corrected chi connectivity index (χ0v) is 14.1. The van der Waals surface area contributed by atoms with Crippen LogP contribution < -0.4 is 0 Å². The van der Waals surface area contributed by atoms with Crippen molar-refractivity contribution in [3.05, 3.63) is 16.6 Å². The first kappa shape index (κ1) is 15.9. The van der Waals surface area contributed by atoms with Crippen LogP contribution in [0, 0.1) is 5.92 Å². The number of fused-ring (bicyclic) bond motifs is 4. The van der Waals surface area contributed by atoms with Gasteiger partial charge < -0.3 is 9.64 Å². The molecule has 0 unspecified atom stereocenters. The van der Waals surface area contributed by atoms with Crippen LogP contribution in [0.25, 0.3) is 0 Å². The Kier molecular flexibility index (Phi) is 5.44. The van der Waals surface area contributed by atoms with Gasteiger partial charge in [0.15, 0.2) is 0 Å². The van der Waals surface area contributed by atoms with Crippen LogP contribution in [0.4, 0.5) is 0 Å². The maximum atomic E-state index is 12.5. The van der Waals surface area contributed by atoms with Crippen LogP contribution in [-0.4, -0.2) is 59.6 Å². The molecule has 4 heterocycles. The number of rotatable bonds is 6. The Morgan fingerprint density at radius 3 is 3.09 bits per heavy atom. The molecule has 2 bridgehead atoms. The average molecular weight is 323 g/mol. The van der Waals surface area contributed by atoms with E-state index in [-0.39, 0.29) is 5.91 Å². The molecule has 3 aliphatic rings. The Balaban J connectivity index is 1.59. The molecule has 0 radical (unpaired) electrons. The van der Waals surface area contributed by atoms with Gasteiger partial charge >= 0.3 is 0 Å². The van der Waals surface area contributed by atoms with Gasteiger partial charge in [-0.1, -0.05) is 0 Å². The van der Waals surface area contributed by atoms with Gasteiger partial charge in [-0.05, 0) is 25.7 Å². The molecule has 0 N–H and O–H groups in total.